The van der Waals surface area contributed by atoms with Crippen molar-refractivity contribution in [3.05, 3.63) is 185 Å². The van der Waals surface area contributed by atoms with E-state index in [1.807, 2.05) is 89.9 Å². The second-order valence-corrected chi connectivity index (χ2v) is 25.8. The average Bonchev–Trinajstić information content (AvgIpc) is 1.89. The van der Waals surface area contributed by atoms with Gasteiger partial charge in [-0.25, -0.2) is 37.9 Å². The van der Waals surface area contributed by atoms with Crippen molar-refractivity contribution < 1.29 is 47.3 Å². The molecule has 6 aromatic rings. The van der Waals surface area contributed by atoms with Gasteiger partial charge in [0.05, 0.1) is 50.1 Å². The summed E-state index contributed by atoms with van der Waals surface area (Å²) in [6, 6.07) is 21.0. The van der Waals surface area contributed by atoms with Crippen molar-refractivity contribution in [2.24, 2.45) is 9.98 Å². The number of thiazole rings is 2. The third-order valence-electron chi connectivity index (χ3n) is 17.0. The number of urea groups is 2. The molecule has 0 radical (unpaired) electrons. The molecule has 5 atom stereocenters. The molecule has 8 heterocycles. The first kappa shape index (κ1) is 64.5. The van der Waals surface area contributed by atoms with E-state index in [4.69, 9.17) is 42.7 Å². The van der Waals surface area contributed by atoms with Crippen molar-refractivity contribution in [1.82, 2.24) is 45.5 Å². The summed E-state index contributed by atoms with van der Waals surface area (Å²) < 4.78 is 38.4. The molecule has 6 aliphatic rings. The summed E-state index contributed by atoms with van der Waals surface area (Å²) in [7, 11) is 2.62. The summed E-state index contributed by atoms with van der Waals surface area (Å²) in [5, 5.41) is 24.6. The number of fused-ring (bicyclic) bond motifs is 2. The lowest BCUT2D eigenvalue weighted by Crippen LogP contribution is -2.53. The number of ketones is 1. The molecular weight excluding hydrogens is 1250 g/mol. The lowest BCUT2D eigenvalue weighted by atomic mass is 9.92. The van der Waals surface area contributed by atoms with Crippen LogP contribution in [-0.4, -0.2) is 174 Å². The fourth-order valence-electron chi connectivity index (χ4n) is 12.2. The van der Waals surface area contributed by atoms with Gasteiger partial charge < -0.3 is 35.0 Å². The predicted molar refractivity (Wildman–Crippen MR) is 344 cm³/mol. The van der Waals surface area contributed by atoms with Crippen LogP contribution in [-0.2, 0) is 36.0 Å². The summed E-state index contributed by atoms with van der Waals surface area (Å²) in [4.78, 5) is 95.4. The maximum absolute atomic E-state index is 14.0. The van der Waals surface area contributed by atoms with Crippen LogP contribution in [0.25, 0.3) is 0 Å². The number of hydrogen-bond acceptors (Lipinski definition) is 19. The molecule has 0 saturated carbocycles. The molecule has 4 amide bonds. The molecule has 6 aliphatic heterocycles. The number of methoxy groups -OCH3 is 2. The maximum Gasteiger partial charge on any atom is 0.338 e. The molecule has 4 saturated heterocycles. The first-order valence-corrected chi connectivity index (χ1v) is 31.9. The molecule has 12 rings (SSSR count). The van der Waals surface area contributed by atoms with Gasteiger partial charge in [-0.15, -0.1) is 22.7 Å². The molecule has 476 valence electrons. The first-order valence-electron chi connectivity index (χ1n) is 29.4. The molecule has 91 heavy (non-hydrogen) atoms. The predicted octanol–water partition coefficient (Wildman–Crippen LogP) is 8.45. The quantitative estimate of drug-likeness (QED) is 0.0628. The number of ether oxygens (including phenoxy) is 2. The van der Waals surface area contributed by atoms with E-state index >= 15 is 0 Å². The lowest BCUT2D eigenvalue weighted by molar-refractivity contribution is -0.137. The van der Waals surface area contributed by atoms with Crippen LogP contribution >= 0.6 is 45.9 Å². The minimum absolute atomic E-state index is 0.0468. The smallest absolute Gasteiger partial charge is 0.338 e. The third kappa shape index (κ3) is 13.8. The highest BCUT2D eigenvalue weighted by Gasteiger charge is 2.45. The lowest BCUT2D eigenvalue weighted by Gasteiger charge is -2.38. The number of rotatable bonds is 17. The standard InChI is InChI=1S/C35H39ClFN7O4S.C29H28ClFN6O4S/c1-20(21(2)45)41-35(3,4)22-6-9-24(10-7-22)44-18-25-17-42(13-14-43(25)34(44)47)19-28-29(33(46)48-5)30(26-11-8-23(37)16-27(26)36)40-31(39-28)32-38-12-15-49-32;1-41-28(39)24-23(33-26(27-32-8-11-42-27)34-25(24)21-7-4-18(31)12-22(21)30)15-35-9-10-36-20(13-35)14-37(29(36)40)19-5-2-17(16-38)3-6-19/h6-12,15-16,20,25,30,41H,13-14,17-19H2,1-5H3,(H,39,40);2-8,11-12,20,25,38H,9-10,13-16H2,1H3,(H,33,34)/t20?,25-,30-;20-,25-/m00/s1. The van der Waals surface area contributed by atoms with E-state index in [9.17, 15) is 37.9 Å². The van der Waals surface area contributed by atoms with Crippen molar-refractivity contribution in [1.29, 1.82) is 0 Å². The van der Waals surface area contributed by atoms with Crippen LogP contribution in [0, 0.1) is 11.6 Å². The van der Waals surface area contributed by atoms with Gasteiger partial charge in [-0.3, -0.25) is 39.7 Å². The Morgan fingerprint density at radius 1 is 0.681 bits per heavy atom. The van der Waals surface area contributed by atoms with Crippen molar-refractivity contribution in [3.8, 4) is 0 Å². The van der Waals surface area contributed by atoms with E-state index in [0.717, 1.165) is 22.5 Å². The zero-order chi connectivity index (χ0) is 64.4. The molecular formula is C64H67Cl2F2N13O8S2. The number of anilines is 2. The van der Waals surface area contributed by atoms with E-state index < -0.39 is 41.2 Å². The monoisotopic (exact) mass is 1320 g/mol. The van der Waals surface area contributed by atoms with Gasteiger partial charge in [-0.1, -0.05) is 59.6 Å². The summed E-state index contributed by atoms with van der Waals surface area (Å²) in [6.07, 6.45) is 3.34. The van der Waals surface area contributed by atoms with E-state index in [0.29, 0.717) is 110 Å². The summed E-state index contributed by atoms with van der Waals surface area (Å²) in [6.45, 7) is 12.5. The maximum atomic E-state index is 14.0. The van der Waals surface area contributed by atoms with Crippen LogP contribution < -0.4 is 25.8 Å². The Morgan fingerprint density at radius 3 is 1.51 bits per heavy atom. The van der Waals surface area contributed by atoms with Gasteiger partial charge in [-0.05, 0) is 87.4 Å². The number of amides is 4. The van der Waals surface area contributed by atoms with Crippen LogP contribution in [0.15, 0.2) is 141 Å². The average molecular weight is 1320 g/mol. The topological polar surface area (TPSA) is 230 Å². The Hall–Kier alpha value is -8.01. The number of esters is 2. The molecule has 1 unspecified atom stereocenters. The molecule has 0 bridgehead atoms. The fraction of sp³-hybridized carbons (Fsp3) is 0.359. The summed E-state index contributed by atoms with van der Waals surface area (Å²) in [5.41, 5.74) is 5.61. The van der Waals surface area contributed by atoms with Crippen LogP contribution in [0.3, 0.4) is 0 Å². The summed E-state index contributed by atoms with van der Waals surface area (Å²) >= 11 is 15.8. The van der Waals surface area contributed by atoms with Gasteiger partial charge in [0, 0.05) is 138 Å². The Kier molecular flexibility index (Phi) is 19.5. The number of aromatic nitrogens is 2. The van der Waals surface area contributed by atoms with Crippen molar-refractivity contribution >= 4 is 98.7 Å². The Balaban J connectivity index is 0.000000189. The van der Waals surface area contributed by atoms with Gasteiger partial charge in [0.15, 0.2) is 21.7 Å². The normalized spacial score (nSPS) is 20.7. The number of Topliss-reactive ketones (excluding diaryl/α,β-unsaturated/α-hetero) is 1. The minimum Gasteiger partial charge on any atom is -0.466 e. The Morgan fingerprint density at radius 2 is 1.12 bits per heavy atom. The zero-order valence-corrected chi connectivity index (χ0v) is 53.8. The van der Waals surface area contributed by atoms with Crippen LogP contribution in [0.2, 0.25) is 10.0 Å². The van der Waals surface area contributed by atoms with Crippen LogP contribution in [0.4, 0.5) is 29.7 Å². The Labute approximate surface area is 542 Å². The molecule has 4 N–H and O–H groups in total. The van der Waals surface area contributed by atoms with Crippen LogP contribution in [0.1, 0.15) is 72.0 Å². The molecule has 0 spiro atoms. The van der Waals surface area contributed by atoms with E-state index in [2.05, 4.69) is 35.7 Å². The molecule has 21 nitrogen and oxygen atoms in total. The highest BCUT2D eigenvalue weighted by atomic mass is 35.5. The highest BCUT2D eigenvalue weighted by Crippen LogP contribution is 2.40. The minimum atomic E-state index is -0.852. The van der Waals surface area contributed by atoms with Crippen molar-refractivity contribution in [2.75, 3.05) is 89.5 Å². The number of aliphatic hydroxyl groups is 1. The number of piperazine rings is 2. The van der Waals surface area contributed by atoms with Gasteiger partial charge in [0.25, 0.3) is 0 Å². The molecule has 4 fully saturated rings. The van der Waals surface area contributed by atoms with Gasteiger partial charge in [0.1, 0.15) is 29.5 Å². The highest BCUT2D eigenvalue weighted by molar-refractivity contribution is 7.12. The second kappa shape index (κ2) is 27.4. The SMILES string of the molecule is COC(=O)C1=C(CN2CCN3C(=O)N(c4ccc(C(C)(C)NC(C)C(C)=O)cc4)C[C@@H]3C2)NC(c2nccs2)=N[C@H]1c1ccc(F)cc1Cl.COC(=O)C1=C(CN2CCN3C(=O)N(c4ccc(CO)cc4)C[C@@H]3C2)NC(c2nccs2)=N[C@H]1c1ccc(F)cc1Cl. The molecule has 4 aromatic carbocycles. The Bertz CT molecular complexity index is 3870. The number of nitrogens with one attached hydrogen (secondary N) is 3. The summed E-state index contributed by atoms with van der Waals surface area (Å²) in [5.74, 6) is -1.12. The van der Waals surface area contributed by atoms with E-state index in [1.54, 1.807) is 29.1 Å². The number of halogens is 4. The molecule has 27 heteroatoms. The molecule has 2 aromatic heterocycles. The number of benzene rings is 4. The fourth-order valence-corrected chi connectivity index (χ4v) is 13.9. The number of amidine groups is 2. The molecule has 0 aliphatic carbocycles. The van der Waals surface area contributed by atoms with Gasteiger partial charge in [-0.2, -0.15) is 0 Å². The first-order chi connectivity index (χ1) is 43.7. The van der Waals surface area contributed by atoms with Crippen molar-refractivity contribution in [2.45, 2.75) is 70.0 Å². The number of carbonyl (C=O) groups excluding carboxylic acids is 5. The van der Waals surface area contributed by atoms with Crippen LogP contribution in [0.5, 0.6) is 0 Å². The third-order valence-corrected chi connectivity index (χ3v) is 19.2. The van der Waals surface area contributed by atoms with E-state index in [-0.39, 0.29) is 63.8 Å². The number of nitrogens with zero attached hydrogens (tertiary/aromatic N) is 10. The number of aliphatic hydroxyl groups excluding tert-OH is 1. The van der Waals surface area contributed by atoms with Crippen molar-refractivity contribution in [3.63, 3.8) is 0 Å². The largest absolute Gasteiger partial charge is 0.466 e. The number of carbonyl (C=O) groups is 5. The van der Waals surface area contributed by atoms with Gasteiger partial charge in [0.2, 0.25) is 0 Å². The number of hydrogen-bond donors (Lipinski definition) is 4. The second-order valence-electron chi connectivity index (χ2n) is 23.2. The zero-order valence-electron chi connectivity index (χ0n) is 50.7. The number of aliphatic imine (C=N–C) groups is 2. The van der Waals surface area contributed by atoms with Gasteiger partial charge >= 0.3 is 24.0 Å². The van der Waals surface area contributed by atoms with E-state index in [1.165, 1.54) is 73.3 Å².